The minimum Gasteiger partial charge on any atom is -0.396 e. The minimum atomic E-state index is -0.180. The van der Waals surface area contributed by atoms with Crippen LogP contribution in [0.3, 0.4) is 0 Å². The lowest BCUT2D eigenvalue weighted by atomic mass is 9.43. The summed E-state index contributed by atoms with van der Waals surface area (Å²) in [4.78, 5) is 12.5. The standard InChI is InChI=1S/C20H32O3/c1-12-9-14-15-3-4-18(23)19(15,2)7-6-16(14)20(11-21)8-5-13(22)10-17(12)20/h12-17,21-22H,3-11H2,1-2H3/t12?,13?,14-,15-,16+,17?,19-,20-/m0/s1. The van der Waals surface area contributed by atoms with E-state index >= 15 is 0 Å². The van der Waals surface area contributed by atoms with Gasteiger partial charge < -0.3 is 10.2 Å². The molecule has 4 aliphatic rings. The van der Waals surface area contributed by atoms with Gasteiger partial charge in [0.15, 0.2) is 0 Å². The van der Waals surface area contributed by atoms with Crippen LogP contribution in [-0.4, -0.2) is 28.7 Å². The molecule has 0 radical (unpaired) electrons. The van der Waals surface area contributed by atoms with Gasteiger partial charge in [-0.1, -0.05) is 13.8 Å². The summed E-state index contributed by atoms with van der Waals surface area (Å²) in [5, 5.41) is 20.6. The van der Waals surface area contributed by atoms with Crippen LogP contribution in [0.2, 0.25) is 0 Å². The van der Waals surface area contributed by atoms with E-state index < -0.39 is 0 Å². The third-order valence-electron chi connectivity index (χ3n) is 8.72. The van der Waals surface area contributed by atoms with Crippen molar-refractivity contribution in [1.29, 1.82) is 0 Å². The van der Waals surface area contributed by atoms with Crippen molar-refractivity contribution < 1.29 is 15.0 Å². The Morgan fingerprint density at radius 2 is 1.87 bits per heavy atom. The van der Waals surface area contributed by atoms with Crippen LogP contribution in [0.4, 0.5) is 0 Å². The average molecular weight is 320 g/mol. The molecule has 0 aromatic rings. The predicted octanol–water partition coefficient (Wildman–Crippen LogP) is 3.18. The molecule has 3 nitrogen and oxygen atoms in total. The molecule has 0 aliphatic heterocycles. The van der Waals surface area contributed by atoms with Gasteiger partial charge in [-0.3, -0.25) is 4.79 Å². The first-order valence-corrected chi connectivity index (χ1v) is 9.74. The number of hydrogen-bond donors (Lipinski definition) is 2. The summed E-state index contributed by atoms with van der Waals surface area (Å²) in [5.74, 6) is 3.20. The molecule has 4 rings (SSSR count). The quantitative estimate of drug-likeness (QED) is 0.780. The number of fused-ring (bicyclic) bond motifs is 5. The maximum Gasteiger partial charge on any atom is 0.139 e. The van der Waals surface area contributed by atoms with Crippen LogP contribution in [0.1, 0.15) is 65.2 Å². The van der Waals surface area contributed by atoms with E-state index in [-0.39, 0.29) is 23.5 Å². The van der Waals surface area contributed by atoms with Crippen LogP contribution < -0.4 is 0 Å². The number of aliphatic hydroxyl groups excluding tert-OH is 2. The fourth-order valence-electron chi connectivity index (χ4n) is 7.53. The van der Waals surface area contributed by atoms with Gasteiger partial charge in [-0.2, -0.15) is 0 Å². The van der Waals surface area contributed by atoms with E-state index in [1.807, 2.05) is 0 Å². The van der Waals surface area contributed by atoms with E-state index in [9.17, 15) is 15.0 Å². The number of rotatable bonds is 1. The highest BCUT2D eigenvalue weighted by atomic mass is 16.3. The molecule has 0 heterocycles. The van der Waals surface area contributed by atoms with Gasteiger partial charge in [0.25, 0.3) is 0 Å². The van der Waals surface area contributed by atoms with Crippen molar-refractivity contribution in [2.45, 2.75) is 71.3 Å². The monoisotopic (exact) mass is 320 g/mol. The van der Waals surface area contributed by atoms with Gasteiger partial charge in [-0.05, 0) is 80.0 Å². The second-order valence-corrected chi connectivity index (χ2v) is 9.43. The molecule has 0 spiro atoms. The zero-order chi connectivity index (χ0) is 16.4. The van der Waals surface area contributed by atoms with Gasteiger partial charge in [0.1, 0.15) is 5.78 Å². The molecule has 23 heavy (non-hydrogen) atoms. The van der Waals surface area contributed by atoms with E-state index in [1.54, 1.807) is 0 Å². The predicted molar refractivity (Wildman–Crippen MR) is 88.7 cm³/mol. The molecule has 0 aromatic heterocycles. The highest BCUT2D eigenvalue weighted by molar-refractivity contribution is 5.87. The molecule has 4 fully saturated rings. The van der Waals surface area contributed by atoms with Gasteiger partial charge in [-0.15, -0.1) is 0 Å². The van der Waals surface area contributed by atoms with E-state index in [1.165, 1.54) is 6.42 Å². The summed E-state index contributed by atoms with van der Waals surface area (Å²) < 4.78 is 0. The van der Waals surface area contributed by atoms with Gasteiger partial charge in [0.2, 0.25) is 0 Å². The lowest BCUT2D eigenvalue weighted by molar-refractivity contribution is -0.171. The Kier molecular flexibility index (Phi) is 3.70. The van der Waals surface area contributed by atoms with Crippen molar-refractivity contribution in [3.63, 3.8) is 0 Å². The minimum absolute atomic E-state index is 0.00846. The van der Waals surface area contributed by atoms with Crippen molar-refractivity contribution in [3.05, 3.63) is 0 Å². The first kappa shape index (κ1) is 16.1. The Morgan fingerprint density at radius 1 is 1.09 bits per heavy atom. The van der Waals surface area contributed by atoms with Crippen LogP contribution in [-0.2, 0) is 4.79 Å². The maximum absolute atomic E-state index is 12.5. The Labute approximate surface area is 139 Å². The molecule has 2 N–H and O–H groups in total. The van der Waals surface area contributed by atoms with Crippen molar-refractivity contribution in [2.24, 2.45) is 40.4 Å². The molecular weight excluding hydrogens is 288 g/mol. The van der Waals surface area contributed by atoms with Crippen molar-refractivity contribution >= 4 is 5.78 Å². The van der Waals surface area contributed by atoms with Crippen LogP contribution >= 0.6 is 0 Å². The van der Waals surface area contributed by atoms with Crippen molar-refractivity contribution in [3.8, 4) is 0 Å². The molecule has 0 saturated heterocycles. The first-order chi connectivity index (χ1) is 10.9. The van der Waals surface area contributed by atoms with Crippen LogP contribution in [0, 0.1) is 40.4 Å². The van der Waals surface area contributed by atoms with Gasteiger partial charge in [0, 0.05) is 18.4 Å². The Morgan fingerprint density at radius 3 is 2.61 bits per heavy atom. The number of Topliss-reactive ketones (excluding diaryl/α,β-unsaturated/α-hetero) is 1. The van der Waals surface area contributed by atoms with Crippen LogP contribution in [0.5, 0.6) is 0 Å². The molecule has 8 atom stereocenters. The summed E-state index contributed by atoms with van der Waals surface area (Å²) in [7, 11) is 0. The number of carbonyl (C=O) groups excluding carboxylic acids is 1. The van der Waals surface area contributed by atoms with Gasteiger partial charge in [0.05, 0.1) is 6.10 Å². The van der Waals surface area contributed by atoms with Gasteiger partial charge in [-0.25, -0.2) is 0 Å². The summed E-state index contributed by atoms with van der Waals surface area (Å²) in [5.41, 5.74) is -0.0763. The summed E-state index contributed by atoms with van der Waals surface area (Å²) in [6.45, 7) is 4.82. The highest BCUT2D eigenvalue weighted by Crippen LogP contribution is 2.66. The van der Waals surface area contributed by atoms with E-state index in [0.29, 0.717) is 35.4 Å². The van der Waals surface area contributed by atoms with E-state index in [0.717, 1.165) is 44.9 Å². The largest absolute Gasteiger partial charge is 0.396 e. The topological polar surface area (TPSA) is 57.5 Å². The fraction of sp³-hybridized carbons (Fsp3) is 0.950. The number of hydrogen-bond acceptors (Lipinski definition) is 3. The molecule has 0 aromatic carbocycles. The lowest BCUT2D eigenvalue weighted by Gasteiger charge is -2.62. The van der Waals surface area contributed by atoms with Crippen LogP contribution in [0.15, 0.2) is 0 Å². The average Bonchev–Trinajstić information content (AvgIpc) is 2.84. The second-order valence-electron chi connectivity index (χ2n) is 9.43. The van der Waals surface area contributed by atoms with E-state index in [4.69, 9.17) is 0 Å². The van der Waals surface area contributed by atoms with Crippen LogP contribution in [0.25, 0.3) is 0 Å². The third kappa shape index (κ3) is 2.05. The Hall–Kier alpha value is -0.410. The van der Waals surface area contributed by atoms with E-state index in [2.05, 4.69) is 13.8 Å². The number of carbonyl (C=O) groups is 1. The zero-order valence-electron chi connectivity index (χ0n) is 14.6. The number of aliphatic hydroxyl groups is 2. The number of ketones is 1. The Bertz CT molecular complexity index is 503. The smallest absolute Gasteiger partial charge is 0.139 e. The molecule has 130 valence electrons. The second kappa shape index (κ2) is 5.29. The summed E-state index contributed by atoms with van der Waals surface area (Å²) >= 11 is 0. The first-order valence-electron chi connectivity index (χ1n) is 9.74. The fourth-order valence-corrected chi connectivity index (χ4v) is 7.53. The SMILES string of the molecule is CC1C[C@@H]2[C@@H](CC[C@]3(C)C(=O)CC[C@@H]23)[C@@]2(CO)CCC(O)CC12. The molecule has 4 saturated carbocycles. The maximum atomic E-state index is 12.5. The molecule has 4 aliphatic carbocycles. The third-order valence-corrected chi connectivity index (χ3v) is 8.72. The lowest BCUT2D eigenvalue weighted by Crippen LogP contribution is -2.58. The summed E-state index contributed by atoms with van der Waals surface area (Å²) in [6.07, 6.45) is 7.65. The molecule has 3 heteroatoms. The normalized spacial score (nSPS) is 55.9. The molecule has 0 bridgehead atoms. The highest BCUT2D eigenvalue weighted by Gasteiger charge is 2.62. The summed E-state index contributed by atoms with van der Waals surface area (Å²) in [6, 6.07) is 0. The molecule has 3 unspecified atom stereocenters. The van der Waals surface area contributed by atoms with Crippen molar-refractivity contribution in [2.75, 3.05) is 6.61 Å². The molecular formula is C20H32O3. The zero-order valence-corrected chi connectivity index (χ0v) is 14.6. The van der Waals surface area contributed by atoms with Crippen molar-refractivity contribution in [1.82, 2.24) is 0 Å². The Balaban J connectivity index is 1.70. The van der Waals surface area contributed by atoms with Gasteiger partial charge >= 0.3 is 0 Å². The molecule has 0 amide bonds.